The first-order valence-electron chi connectivity index (χ1n) is 7.61. The number of pyridine rings is 1. The van der Waals surface area contributed by atoms with Gasteiger partial charge in [-0.1, -0.05) is 0 Å². The maximum Gasteiger partial charge on any atom is 0.321 e. The van der Waals surface area contributed by atoms with Crippen molar-refractivity contribution < 1.29 is 9.53 Å². The first-order valence-corrected chi connectivity index (χ1v) is 7.61. The number of aromatic nitrogens is 1. The minimum atomic E-state index is -0.107. The summed E-state index contributed by atoms with van der Waals surface area (Å²) in [6, 6.07) is 9.26. The van der Waals surface area contributed by atoms with Crippen molar-refractivity contribution in [2.24, 2.45) is 0 Å². The van der Waals surface area contributed by atoms with E-state index in [1.165, 1.54) is 0 Å². The SMILES string of the molecule is COc1ccc2cc(NC(=O)N(C)CCCN(C)C)ccc2n1. The maximum atomic E-state index is 12.2. The fourth-order valence-corrected chi connectivity index (χ4v) is 2.24. The van der Waals surface area contributed by atoms with Crippen molar-refractivity contribution in [2.45, 2.75) is 6.42 Å². The molecule has 2 amide bonds. The maximum absolute atomic E-state index is 12.2. The summed E-state index contributed by atoms with van der Waals surface area (Å²) >= 11 is 0. The van der Waals surface area contributed by atoms with Crippen LogP contribution in [0.3, 0.4) is 0 Å². The van der Waals surface area contributed by atoms with Gasteiger partial charge in [0.15, 0.2) is 0 Å². The lowest BCUT2D eigenvalue weighted by atomic mass is 10.2. The highest BCUT2D eigenvalue weighted by Gasteiger charge is 2.09. The second kappa shape index (κ2) is 7.78. The second-order valence-electron chi connectivity index (χ2n) is 5.77. The molecule has 0 saturated carbocycles. The van der Waals surface area contributed by atoms with Crippen LogP contribution in [0, 0.1) is 0 Å². The number of carbonyl (C=O) groups is 1. The average Bonchev–Trinajstić information content (AvgIpc) is 2.53. The number of benzene rings is 1. The molecule has 0 radical (unpaired) electrons. The van der Waals surface area contributed by atoms with Gasteiger partial charge in [-0.05, 0) is 51.3 Å². The number of hydrogen-bond acceptors (Lipinski definition) is 4. The first kappa shape index (κ1) is 17.0. The molecule has 1 aromatic heterocycles. The largest absolute Gasteiger partial charge is 0.481 e. The molecule has 124 valence electrons. The Morgan fingerprint density at radius 3 is 2.65 bits per heavy atom. The smallest absolute Gasteiger partial charge is 0.321 e. The lowest BCUT2D eigenvalue weighted by Gasteiger charge is -2.19. The molecule has 2 rings (SSSR count). The fraction of sp³-hybridized carbons (Fsp3) is 0.412. The molecule has 0 aliphatic carbocycles. The Kier molecular flexibility index (Phi) is 5.76. The van der Waals surface area contributed by atoms with Crippen molar-refractivity contribution >= 4 is 22.6 Å². The Bertz CT molecular complexity index is 673. The van der Waals surface area contributed by atoms with Crippen LogP contribution in [0.2, 0.25) is 0 Å². The summed E-state index contributed by atoms with van der Waals surface area (Å²) in [5.41, 5.74) is 1.59. The third kappa shape index (κ3) is 4.82. The van der Waals surface area contributed by atoms with E-state index >= 15 is 0 Å². The Balaban J connectivity index is 1.99. The molecule has 0 bridgehead atoms. The zero-order valence-electron chi connectivity index (χ0n) is 14.2. The van der Waals surface area contributed by atoms with Gasteiger partial charge < -0.3 is 19.9 Å². The monoisotopic (exact) mass is 316 g/mol. The highest BCUT2D eigenvalue weighted by Crippen LogP contribution is 2.20. The molecular formula is C17H24N4O2. The van der Waals surface area contributed by atoms with Gasteiger partial charge in [0.2, 0.25) is 5.88 Å². The topological polar surface area (TPSA) is 57.7 Å². The number of nitrogens with zero attached hydrogens (tertiary/aromatic N) is 3. The van der Waals surface area contributed by atoms with Crippen LogP contribution in [0.5, 0.6) is 5.88 Å². The molecule has 1 N–H and O–H groups in total. The Labute approximate surface area is 137 Å². The molecule has 0 unspecified atom stereocenters. The number of fused-ring (bicyclic) bond motifs is 1. The van der Waals surface area contributed by atoms with Crippen LogP contribution in [0.25, 0.3) is 10.9 Å². The number of nitrogens with one attached hydrogen (secondary N) is 1. The molecule has 0 aliphatic rings. The quantitative estimate of drug-likeness (QED) is 0.890. The zero-order chi connectivity index (χ0) is 16.8. The van der Waals surface area contributed by atoms with Gasteiger partial charge >= 0.3 is 6.03 Å². The lowest BCUT2D eigenvalue weighted by Crippen LogP contribution is -2.33. The van der Waals surface area contributed by atoms with Crippen molar-refractivity contribution in [2.75, 3.05) is 46.7 Å². The number of ether oxygens (including phenoxy) is 1. The molecule has 0 fully saturated rings. The van der Waals surface area contributed by atoms with E-state index in [1.54, 1.807) is 25.1 Å². The van der Waals surface area contributed by atoms with Crippen LogP contribution in [-0.4, -0.2) is 62.2 Å². The van der Waals surface area contributed by atoms with Crippen molar-refractivity contribution in [3.05, 3.63) is 30.3 Å². The van der Waals surface area contributed by atoms with E-state index in [0.29, 0.717) is 5.88 Å². The third-order valence-corrected chi connectivity index (χ3v) is 3.57. The molecule has 1 aromatic carbocycles. The Morgan fingerprint density at radius 1 is 1.17 bits per heavy atom. The third-order valence-electron chi connectivity index (χ3n) is 3.57. The van der Waals surface area contributed by atoms with Gasteiger partial charge in [-0.25, -0.2) is 9.78 Å². The van der Waals surface area contributed by atoms with Gasteiger partial charge in [0.05, 0.1) is 12.6 Å². The fourth-order valence-electron chi connectivity index (χ4n) is 2.24. The molecule has 0 saturated heterocycles. The molecule has 1 heterocycles. The number of anilines is 1. The second-order valence-corrected chi connectivity index (χ2v) is 5.77. The van der Waals surface area contributed by atoms with Gasteiger partial charge in [-0.3, -0.25) is 0 Å². The number of amides is 2. The number of rotatable bonds is 6. The first-order chi connectivity index (χ1) is 11.0. The highest BCUT2D eigenvalue weighted by atomic mass is 16.5. The van der Waals surface area contributed by atoms with Gasteiger partial charge in [0, 0.05) is 30.7 Å². The molecule has 23 heavy (non-hydrogen) atoms. The van der Waals surface area contributed by atoms with Gasteiger partial charge in [-0.2, -0.15) is 0 Å². The van der Waals surface area contributed by atoms with Gasteiger partial charge in [0.25, 0.3) is 0 Å². The molecular weight excluding hydrogens is 292 g/mol. The standard InChI is InChI=1S/C17H24N4O2/c1-20(2)10-5-11-21(3)17(22)18-14-7-8-15-13(12-14)6-9-16(19-15)23-4/h6-9,12H,5,10-11H2,1-4H3,(H,18,22). The molecule has 0 aliphatic heterocycles. The van der Waals surface area contributed by atoms with E-state index in [2.05, 4.69) is 15.2 Å². The van der Waals surface area contributed by atoms with Crippen molar-refractivity contribution in [1.29, 1.82) is 0 Å². The summed E-state index contributed by atoms with van der Waals surface area (Å²) in [5.74, 6) is 0.579. The number of hydrogen-bond donors (Lipinski definition) is 1. The minimum absolute atomic E-state index is 0.107. The van der Waals surface area contributed by atoms with Gasteiger partial charge in [-0.15, -0.1) is 0 Å². The van der Waals surface area contributed by atoms with Gasteiger partial charge in [0.1, 0.15) is 0 Å². The highest BCUT2D eigenvalue weighted by molar-refractivity contribution is 5.92. The van der Waals surface area contributed by atoms with Crippen molar-refractivity contribution in [3.8, 4) is 5.88 Å². The molecule has 6 nitrogen and oxygen atoms in total. The number of urea groups is 1. The predicted octanol–water partition coefficient (Wildman–Crippen LogP) is 2.66. The van der Waals surface area contributed by atoms with Crippen LogP contribution >= 0.6 is 0 Å². The predicted molar refractivity (Wildman–Crippen MR) is 93.1 cm³/mol. The normalized spacial score (nSPS) is 10.8. The van der Waals surface area contributed by atoms with E-state index in [9.17, 15) is 4.79 Å². The van der Waals surface area contributed by atoms with Crippen LogP contribution in [-0.2, 0) is 0 Å². The van der Waals surface area contributed by atoms with E-state index in [1.807, 2.05) is 38.4 Å². The number of carbonyl (C=O) groups excluding carboxylic acids is 1. The van der Waals surface area contributed by atoms with E-state index < -0.39 is 0 Å². The van der Waals surface area contributed by atoms with Crippen LogP contribution in [0.4, 0.5) is 10.5 Å². The summed E-state index contributed by atoms with van der Waals surface area (Å²) in [7, 11) is 7.45. The lowest BCUT2D eigenvalue weighted by molar-refractivity contribution is 0.220. The Hall–Kier alpha value is -2.34. The minimum Gasteiger partial charge on any atom is -0.481 e. The van der Waals surface area contributed by atoms with E-state index in [0.717, 1.165) is 36.1 Å². The van der Waals surface area contributed by atoms with Crippen molar-refractivity contribution in [3.63, 3.8) is 0 Å². The van der Waals surface area contributed by atoms with Crippen LogP contribution in [0.15, 0.2) is 30.3 Å². The van der Waals surface area contributed by atoms with Crippen LogP contribution < -0.4 is 10.1 Å². The average molecular weight is 316 g/mol. The summed E-state index contributed by atoms with van der Waals surface area (Å²) in [6.07, 6.45) is 0.943. The molecule has 0 spiro atoms. The van der Waals surface area contributed by atoms with Crippen LogP contribution in [0.1, 0.15) is 6.42 Å². The van der Waals surface area contributed by atoms with E-state index in [4.69, 9.17) is 4.74 Å². The summed E-state index contributed by atoms with van der Waals surface area (Å²) in [6.45, 7) is 1.68. The summed E-state index contributed by atoms with van der Waals surface area (Å²) in [5, 5.41) is 3.87. The van der Waals surface area contributed by atoms with Crippen molar-refractivity contribution in [1.82, 2.24) is 14.8 Å². The molecule has 6 heteroatoms. The molecule has 0 atom stereocenters. The molecule has 2 aromatic rings. The number of methoxy groups -OCH3 is 1. The zero-order valence-corrected chi connectivity index (χ0v) is 14.2. The van der Waals surface area contributed by atoms with E-state index in [-0.39, 0.29) is 6.03 Å². The summed E-state index contributed by atoms with van der Waals surface area (Å²) in [4.78, 5) is 20.3. The summed E-state index contributed by atoms with van der Waals surface area (Å²) < 4.78 is 5.11. The Morgan fingerprint density at radius 2 is 1.96 bits per heavy atom.